The van der Waals surface area contributed by atoms with E-state index in [-0.39, 0.29) is 10.8 Å². The monoisotopic (exact) mass is 328 g/mol. The second-order valence-corrected chi connectivity index (χ2v) is 8.99. The summed E-state index contributed by atoms with van der Waals surface area (Å²) in [5, 5.41) is 21.9. The molecule has 3 nitrogen and oxygen atoms in total. The molecule has 3 saturated carbocycles. The van der Waals surface area contributed by atoms with Gasteiger partial charge in [-0.1, -0.05) is 13.0 Å². The van der Waals surface area contributed by atoms with Gasteiger partial charge in [-0.3, -0.25) is 0 Å². The van der Waals surface area contributed by atoms with Crippen LogP contribution in [0.3, 0.4) is 0 Å². The molecule has 0 spiro atoms. The molecule has 0 unspecified atom stereocenters. The summed E-state index contributed by atoms with van der Waals surface area (Å²) in [7, 11) is 1.73. The normalized spacial score (nSPS) is 48.6. The van der Waals surface area contributed by atoms with E-state index < -0.39 is 11.7 Å². The minimum Gasteiger partial charge on any atom is -0.497 e. The first-order valence-corrected chi connectivity index (χ1v) is 9.52. The van der Waals surface area contributed by atoms with Crippen LogP contribution >= 0.6 is 0 Å². The zero-order valence-electron chi connectivity index (χ0n) is 14.7. The molecule has 5 rings (SSSR count). The Morgan fingerprint density at radius 3 is 2.75 bits per heavy atom. The van der Waals surface area contributed by atoms with Gasteiger partial charge in [-0.15, -0.1) is 0 Å². The van der Waals surface area contributed by atoms with Crippen molar-refractivity contribution in [2.24, 2.45) is 16.7 Å². The van der Waals surface area contributed by atoms with E-state index in [0.717, 1.165) is 44.3 Å². The maximum Gasteiger partial charge on any atom is 0.119 e. The van der Waals surface area contributed by atoms with Crippen LogP contribution in [0.25, 0.3) is 0 Å². The number of aliphatic hydroxyl groups excluding tert-OH is 1. The summed E-state index contributed by atoms with van der Waals surface area (Å²) in [5.74, 6) is 2.14. The van der Waals surface area contributed by atoms with Crippen LogP contribution in [0.15, 0.2) is 18.2 Å². The number of hydrogen-bond donors (Lipinski definition) is 2. The topological polar surface area (TPSA) is 49.7 Å². The van der Waals surface area contributed by atoms with E-state index in [2.05, 4.69) is 25.1 Å². The number of benzene rings is 1. The molecule has 1 aromatic rings. The van der Waals surface area contributed by atoms with Crippen molar-refractivity contribution in [2.45, 2.75) is 69.5 Å². The minimum absolute atomic E-state index is 0.107. The molecule has 0 radical (unpaired) electrons. The van der Waals surface area contributed by atoms with Gasteiger partial charge in [0, 0.05) is 5.41 Å². The molecule has 4 aliphatic rings. The average molecular weight is 328 g/mol. The number of aliphatic hydroxyl groups is 2. The number of aryl methyl sites for hydroxylation is 1. The zero-order chi connectivity index (χ0) is 16.7. The second kappa shape index (κ2) is 4.56. The summed E-state index contributed by atoms with van der Waals surface area (Å²) < 4.78 is 5.41. The summed E-state index contributed by atoms with van der Waals surface area (Å²) in [6.07, 6.45) is 6.58. The number of fused-ring (bicyclic) bond motifs is 3. The molecule has 130 valence electrons. The lowest BCUT2D eigenvalue weighted by Crippen LogP contribution is -2.53. The summed E-state index contributed by atoms with van der Waals surface area (Å²) in [4.78, 5) is 0. The summed E-state index contributed by atoms with van der Waals surface area (Å²) in [5.41, 5.74) is 2.12. The Labute approximate surface area is 144 Å². The fraction of sp³-hybridized carbons (Fsp3) is 0.714. The Bertz CT molecular complexity index is 700. The van der Waals surface area contributed by atoms with Gasteiger partial charge in [0.2, 0.25) is 0 Å². The standard InChI is InChI=1S/C21H28O3/c1-19-8-7-16-15-5-4-14(24-2)11-13(15)3-6-17(16)20(19)9-10-21(19,23)18(22)12-20/h4-5,11,16-18,22-23H,3,6-10,12H2,1-2H3/t16-,17-,18+,19+,20+,21-/m1/s1. The van der Waals surface area contributed by atoms with E-state index in [9.17, 15) is 10.2 Å². The van der Waals surface area contributed by atoms with Crippen molar-refractivity contribution >= 4 is 0 Å². The zero-order valence-corrected chi connectivity index (χ0v) is 14.7. The first-order valence-electron chi connectivity index (χ1n) is 9.52. The van der Waals surface area contributed by atoms with Crippen LogP contribution < -0.4 is 4.74 Å². The SMILES string of the molecule is COc1ccc2c(c1)CC[C@@H]1[C@@H]2CC[C@@]2(C)[C@]13CC[C@@]2(O)[C@@H](O)C3. The predicted molar refractivity (Wildman–Crippen MR) is 92.1 cm³/mol. The molecule has 4 aliphatic carbocycles. The number of hydrogen-bond acceptors (Lipinski definition) is 3. The molecule has 24 heavy (non-hydrogen) atoms. The Morgan fingerprint density at radius 2 is 2.00 bits per heavy atom. The molecule has 1 aromatic carbocycles. The molecular formula is C21H28O3. The van der Waals surface area contributed by atoms with E-state index in [1.807, 2.05) is 0 Å². The molecule has 0 saturated heterocycles. The van der Waals surface area contributed by atoms with E-state index in [1.165, 1.54) is 17.5 Å². The van der Waals surface area contributed by atoms with E-state index in [0.29, 0.717) is 11.8 Å². The second-order valence-electron chi connectivity index (χ2n) is 8.99. The minimum atomic E-state index is -0.849. The van der Waals surface area contributed by atoms with Crippen LogP contribution in [0, 0.1) is 16.7 Å². The summed E-state index contributed by atoms with van der Waals surface area (Å²) >= 11 is 0. The Balaban J connectivity index is 1.59. The number of rotatable bonds is 1. The maximum atomic E-state index is 11.2. The van der Waals surface area contributed by atoms with Gasteiger partial charge in [-0.05, 0) is 85.5 Å². The van der Waals surface area contributed by atoms with Gasteiger partial charge < -0.3 is 14.9 Å². The lowest BCUT2D eigenvalue weighted by atomic mass is 9.48. The van der Waals surface area contributed by atoms with Crippen molar-refractivity contribution in [1.82, 2.24) is 0 Å². The third-order valence-corrected chi connectivity index (χ3v) is 8.74. The lowest BCUT2D eigenvalue weighted by Gasteiger charge is -2.56. The van der Waals surface area contributed by atoms with Gasteiger partial charge >= 0.3 is 0 Å². The largest absolute Gasteiger partial charge is 0.497 e. The highest BCUT2D eigenvalue weighted by molar-refractivity contribution is 5.42. The highest BCUT2D eigenvalue weighted by Crippen LogP contribution is 2.77. The predicted octanol–water partition coefficient (Wildman–Crippen LogP) is 3.42. The Hall–Kier alpha value is -1.06. The van der Waals surface area contributed by atoms with Gasteiger partial charge in [0.25, 0.3) is 0 Å². The van der Waals surface area contributed by atoms with Gasteiger partial charge in [0.05, 0.1) is 18.8 Å². The smallest absolute Gasteiger partial charge is 0.119 e. The Kier molecular flexibility index (Phi) is 2.89. The molecule has 2 bridgehead atoms. The van der Waals surface area contributed by atoms with Crippen LogP contribution in [-0.2, 0) is 6.42 Å². The van der Waals surface area contributed by atoms with Crippen LogP contribution in [0.1, 0.15) is 62.5 Å². The van der Waals surface area contributed by atoms with E-state index in [1.54, 1.807) is 7.11 Å². The number of ether oxygens (including phenoxy) is 1. The van der Waals surface area contributed by atoms with E-state index >= 15 is 0 Å². The van der Waals surface area contributed by atoms with Crippen molar-refractivity contribution in [2.75, 3.05) is 7.11 Å². The van der Waals surface area contributed by atoms with Crippen molar-refractivity contribution in [3.8, 4) is 5.75 Å². The van der Waals surface area contributed by atoms with Gasteiger partial charge in [-0.25, -0.2) is 0 Å². The molecule has 3 heteroatoms. The molecule has 0 aromatic heterocycles. The van der Waals surface area contributed by atoms with Gasteiger partial charge in [0.15, 0.2) is 0 Å². The van der Waals surface area contributed by atoms with Crippen molar-refractivity contribution < 1.29 is 14.9 Å². The average Bonchev–Trinajstić information content (AvgIpc) is 2.93. The summed E-state index contributed by atoms with van der Waals surface area (Å²) in [6.45, 7) is 2.27. The third kappa shape index (κ3) is 1.48. The van der Waals surface area contributed by atoms with Crippen LogP contribution in [-0.4, -0.2) is 29.0 Å². The lowest BCUT2D eigenvalue weighted by molar-refractivity contribution is -0.129. The van der Waals surface area contributed by atoms with Crippen LogP contribution in [0.4, 0.5) is 0 Å². The van der Waals surface area contributed by atoms with Crippen molar-refractivity contribution in [3.63, 3.8) is 0 Å². The van der Waals surface area contributed by atoms with Crippen molar-refractivity contribution in [3.05, 3.63) is 29.3 Å². The molecular weight excluding hydrogens is 300 g/mol. The summed E-state index contributed by atoms with van der Waals surface area (Å²) in [6, 6.07) is 6.59. The maximum absolute atomic E-state index is 11.2. The van der Waals surface area contributed by atoms with Crippen molar-refractivity contribution in [1.29, 1.82) is 0 Å². The molecule has 6 atom stereocenters. The van der Waals surface area contributed by atoms with Crippen LogP contribution in [0.2, 0.25) is 0 Å². The first kappa shape index (κ1) is 15.2. The van der Waals surface area contributed by atoms with Gasteiger partial charge in [-0.2, -0.15) is 0 Å². The highest BCUT2D eigenvalue weighted by atomic mass is 16.5. The van der Waals surface area contributed by atoms with E-state index in [4.69, 9.17) is 4.74 Å². The third-order valence-electron chi connectivity index (χ3n) is 8.74. The molecule has 3 fully saturated rings. The molecule has 2 N–H and O–H groups in total. The fourth-order valence-corrected chi connectivity index (χ4v) is 7.46. The van der Waals surface area contributed by atoms with Crippen LogP contribution in [0.5, 0.6) is 5.75 Å². The molecule has 0 heterocycles. The highest BCUT2D eigenvalue weighted by Gasteiger charge is 2.76. The Morgan fingerprint density at radius 1 is 1.17 bits per heavy atom. The van der Waals surface area contributed by atoms with Gasteiger partial charge in [0.1, 0.15) is 5.75 Å². The number of methoxy groups -OCH3 is 1. The fourth-order valence-electron chi connectivity index (χ4n) is 7.46. The quantitative estimate of drug-likeness (QED) is 0.830. The molecule has 0 aliphatic heterocycles. The molecule has 0 amide bonds. The first-order chi connectivity index (χ1) is 11.5.